The molecule has 1 fully saturated rings. The van der Waals surface area contributed by atoms with Gasteiger partial charge in [-0.15, -0.1) is 4.98 Å². The second kappa shape index (κ2) is 8.06. The van der Waals surface area contributed by atoms with Crippen LogP contribution in [0.3, 0.4) is 0 Å². The molecule has 28 heavy (non-hydrogen) atoms. The van der Waals surface area contributed by atoms with E-state index in [1.807, 2.05) is 6.07 Å². The molecule has 1 saturated heterocycles. The molecule has 1 aliphatic rings. The second-order valence-corrected chi connectivity index (χ2v) is 6.65. The Bertz CT molecular complexity index is 985. The number of methoxy groups -OCH3 is 1. The topological polar surface area (TPSA) is 92.1 Å². The fourth-order valence-corrected chi connectivity index (χ4v) is 3.44. The first-order chi connectivity index (χ1) is 13.8. The van der Waals surface area contributed by atoms with Crippen LogP contribution in [0, 0.1) is 6.57 Å². The standard InChI is InChI=1S/C20H21N7O/c1-21-19-11-24-20(12-23-19)25-18-10-16(26-27-18)15-4-3-14(9-17(15)28-2)13-5-7-22-8-6-13/h3-4,9-13,22H,5-8H2,2H3,(H2,24,25,26,27). The third-order valence-electron chi connectivity index (χ3n) is 4.91. The van der Waals surface area contributed by atoms with Gasteiger partial charge < -0.3 is 20.2 Å². The van der Waals surface area contributed by atoms with Crippen molar-refractivity contribution in [1.29, 1.82) is 0 Å². The number of hydrogen-bond donors (Lipinski definition) is 3. The van der Waals surface area contributed by atoms with Crippen LogP contribution in [0.5, 0.6) is 5.75 Å². The van der Waals surface area contributed by atoms with Gasteiger partial charge in [0.2, 0.25) is 0 Å². The van der Waals surface area contributed by atoms with Crippen LogP contribution in [0.2, 0.25) is 0 Å². The summed E-state index contributed by atoms with van der Waals surface area (Å²) in [5, 5.41) is 13.8. The summed E-state index contributed by atoms with van der Waals surface area (Å²) in [7, 11) is 1.69. The zero-order valence-electron chi connectivity index (χ0n) is 15.6. The van der Waals surface area contributed by atoms with E-state index in [0.29, 0.717) is 17.6 Å². The van der Waals surface area contributed by atoms with E-state index in [1.165, 1.54) is 18.0 Å². The third-order valence-corrected chi connectivity index (χ3v) is 4.91. The van der Waals surface area contributed by atoms with Crippen LogP contribution >= 0.6 is 0 Å². The molecule has 142 valence electrons. The molecule has 2 aromatic heterocycles. The highest BCUT2D eigenvalue weighted by Crippen LogP contribution is 2.35. The second-order valence-electron chi connectivity index (χ2n) is 6.65. The Morgan fingerprint density at radius 3 is 2.71 bits per heavy atom. The fraction of sp³-hybridized carbons (Fsp3) is 0.300. The van der Waals surface area contributed by atoms with Crippen LogP contribution in [-0.2, 0) is 0 Å². The molecule has 1 aliphatic heterocycles. The lowest BCUT2D eigenvalue weighted by Gasteiger charge is -2.23. The molecule has 0 radical (unpaired) electrons. The molecule has 1 aromatic carbocycles. The molecule has 0 bridgehead atoms. The molecular formula is C20H21N7O. The summed E-state index contributed by atoms with van der Waals surface area (Å²) in [5.41, 5.74) is 3.12. The van der Waals surface area contributed by atoms with Gasteiger partial charge in [0, 0.05) is 11.6 Å². The first-order valence-corrected chi connectivity index (χ1v) is 9.18. The van der Waals surface area contributed by atoms with Crippen molar-refractivity contribution in [1.82, 2.24) is 25.5 Å². The van der Waals surface area contributed by atoms with Crippen LogP contribution in [0.4, 0.5) is 17.5 Å². The number of rotatable bonds is 5. The number of H-pyrrole nitrogens is 1. The van der Waals surface area contributed by atoms with Crippen molar-refractivity contribution in [2.24, 2.45) is 0 Å². The van der Waals surface area contributed by atoms with E-state index in [-0.39, 0.29) is 5.82 Å². The molecular weight excluding hydrogens is 354 g/mol. The molecule has 4 rings (SSSR count). The minimum Gasteiger partial charge on any atom is -0.496 e. The first kappa shape index (κ1) is 17.9. The molecule has 0 spiro atoms. The van der Waals surface area contributed by atoms with Gasteiger partial charge in [0.1, 0.15) is 5.75 Å². The number of anilines is 2. The number of hydrogen-bond acceptors (Lipinski definition) is 6. The first-order valence-electron chi connectivity index (χ1n) is 9.18. The molecule has 3 N–H and O–H groups in total. The lowest BCUT2D eigenvalue weighted by molar-refractivity contribution is 0.412. The van der Waals surface area contributed by atoms with Gasteiger partial charge in [-0.1, -0.05) is 12.6 Å². The number of aromatic amines is 1. The summed E-state index contributed by atoms with van der Waals surface area (Å²) in [6, 6.07) is 8.29. The van der Waals surface area contributed by atoms with Crippen molar-refractivity contribution >= 4 is 17.5 Å². The van der Waals surface area contributed by atoms with E-state index >= 15 is 0 Å². The monoisotopic (exact) mass is 375 g/mol. The van der Waals surface area contributed by atoms with Gasteiger partial charge in [-0.2, -0.15) is 5.10 Å². The van der Waals surface area contributed by atoms with Crippen LogP contribution < -0.4 is 15.4 Å². The van der Waals surface area contributed by atoms with Crippen molar-refractivity contribution < 1.29 is 4.74 Å². The van der Waals surface area contributed by atoms with Gasteiger partial charge in [0.25, 0.3) is 5.82 Å². The average molecular weight is 375 g/mol. The number of nitrogens with one attached hydrogen (secondary N) is 3. The smallest absolute Gasteiger partial charge is 0.288 e. The SMILES string of the molecule is [C-]#[N+]c1cnc(Nc2cc(-c3ccc(C4CCNCC4)cc3OC)[nH]n2)cn1. The molecule has 0 amide bonds. The van der Waals surface area contributed by atoms with E-state index in [2.05, 4.69) is 53.8 Å². The summed E-state index contributed by atoms with van der Waals surface area (Å²) in [6.07, 6.45) is 5.23. The molecule has 3 heterocycles. The number of nitrogens with zero attached hydrogens (tertiary/aromatic N) is 4. The van der Waals surface area contributed by atoms with Crippen LogP contribution in [-0.4, -0.2) is 40.4 Å². The highest BCUT2D eigenvalue weighted by atomic mass is 16.5. The van der Waals surface area contributed by atoms with Gasteiger partial charge in [0.05, 0.1) is 19.0 Å². The van der Waals surface area contributed by atoms with E-state index in [9.17, 15) is 0 Å². The molecule has 0 aliphatic carbocycles. The van der Waals surface area contributed by atoms with E-state index < -0.39 is 0 Å². The minimum absolute atomic E-state index is 0.256. The normalized spacial score (nSPS) is 14.4. The highest BCUT2D eigenvalue weighted by molar-refractivity contribution is 5.71. The summed E-state index contributed by atoms with van der Waals surface area (Å²) >= 11 is 0. The predicted octanol–water partition coefficient (Wildman–Crippen LogP) is 3.64. The summed E-state index contributed by atoms with van der Waals surface area (Å²) < 4.78 is 5.65. The van der Waals surface area contributed by atoms with Crippen LogP contribution in [0.1, 0.15) is 24.3 Å². The maximum atomic E-state index is 6.92. The van der Waals surface area contributed by atoms with Crippen molar-refractivity contribution in [3.8, 4) is 17.0 Å². The maximum Gasteiger partial charge on any atom is 0.288 e. The maximum absolute atomic E-state index is 6.92. The van der Waals surface area contributed by atoms with Crippen LogP contribution in [0.25, 0.3) is 16.1 Å². The van der Waals surface area contributed by atoms with Gasteiger partial charge in [-0.05, 0) is 49.5 Å². The van der Waals surface area contributed by atoms with Gasteiger partial charge in [-0.3, -0.25) is 5.10 Å². The van der Waals surface area contributed by atoms with Gasteiger partial charge in [0.15, 0.2) is 17.8 Å². The zero-order chi connectivity index (χ0) is 19.3. The Morgan fingerprint density at radius 1 is 1.14 bits per heavy atom. The molecule has 0 atom stereocenters. The Morgan fingerprint density at radius 2 is 2.00 bits per heavy atom. The van der Waals surface area contributed by atoms with Crippen molar-refractivity contribution in [3.63, 3.8) is 0 Å². The lowest BCUT2D eigenvalue weighted by Crippen LogP contribution is -2.26. The van der Waals surface area contributed by atoms with Gasteiger partial charge in [-0.25, -0.2) is 4.98 Å². The molecule has 0 unspecified atom stereocenters. The van der Waals surface area contributed by atoms with E-state index in [0.717, 1.165) is 42.9 Å². The number of piperidine rings is 1. The van der Waals surface area contributed by atoms with Crippen molar-refractivity contribution in [3.05, 3.63) is 53.6 Å². The fourth-order valence-electron chi connectivity index (χ4n) is 3.44. The predicted molar refractivity (Wildman–Crippen MR) is 107 cm³/mol. The zero-order valence-corrected chi connectivity index (χ0v) is 15.6. The molecule has 8 heteroatoms. The third kappa shape index (κ3) is 3.80. The van der Waals surface area contributed by atoms with E-state index in [4.69, 9.17) is 11.3 Å². The van der Waals surface area contributed by atoms with E-state index in [1.54, 1.807) is 7.11 Å². The number of benzene rings is 1. The number of aromatic nitrogens is 4. The average Bonchev–Trinajstić information content (AvgIpc) is 3.22. The minimum atomic E-state index is 0.256. The summed E-state index contributed by atoms with van der Waals surface area (Å²) in [6.45, 7) is 9.04. The Labute approximate surface area is 163 Å². The summed E-state index contributed by atoms with van der Waals surface area (Å²) in [5.74, 6) is 2.79. The largest absolute Gasteiger partial charge is 0.496 e. The van der Waals surface area contributed by atoms with Crippen molar-refractivity contribution in [2.75, 3.05) is 25.5 Å². The van der Waals surface area contributed by atoms with Gasteiger partial charge >= 0.3 is 0 Å². The quantitative estimate of drug-likeness (QED) is 0.590. The molecule has 3 aromatic rings. The Kier molecular flexibility index (Phi) is 5.17. The molecule has 0 saturated carbocycles. The van der Waals surface area contributed by atoms with Crippen LogP contribution in [0.15, 0.2) is 36.7 Å². The Balaban J connectivity index is 1.54. The summed E-state index contributed by atoms with van der Waals surface area (Å²) in [4.78, 5) is 11.4. The highest BCUT2D eigenvalue weighted by Gasteiger charge is 2.18. The number of ether oxygens (including phenoxy) is 1. The Hall–Kier alpha value is -3.44. The lowest BCUT2D eigenvalue weighted by atomic mass is 9.89. The molecule has 8 nitrogen and oxygen atoms in total. The van der Waals surface area contributed by atoms with Crippen molar-refractivity contribution in [2.45, 2.75) is 18.8 Å².